The van der Waals surface area contributed by atoms with Gasteiger partial charge in [0.25, 0.3) is 0 Å². The first kappa shape index (κ1) is 20.8. The highest BCUT2D eigenvalue weighted by molar-refractivity contribution is 5.83. The van der Waals surface area contributed by atoms with Crippen LogP contribution in [0.3, 0.4) is 0 Å². The first-order valence-corrected chi connectivity index (χ1v) is 8.76. The van der Waals surface area contributed by atoms with Crippen LogP contribution in [0.4, 0.5) is 0 Å². The van der Waals surface area contributed by atoms with Crippen LogP contribution in [0, 0.1) is 12.3 Å². The molecular weight excluding hydrogens is 316 g/mol. The minimum atomic E-state index is -0.555. The second-order valence-corrected chi connectivity index (χ2v) is 6.78. The fraction of sp³-hybridized carbons (Fsp3) is 0.579. The quantitative estimate of drug-likeness (QED) is 0.497. The highest BCUT2D eigenvalue weighted by Crippen LogP contribution is 2.15. The molecule has 0 saturated heterocycles. The minimum absolute atomic E-state index is 0.0161. The summed E-state index contributed by atoms with van der Waals surface area (Å²) in [7, 11) is 1.64. The molecule has 0 aliphatic heterocycles. The molecule has 1 amide bonds. The Kier molecular flexibility index (Phi) is 8.25. The fourth-order valence-corrected chi connectivity index (χ4v) is 2.23. The lowest BCUT2D eigenvalue weighted by Gasteiger charge is -2.22. The summed E-state index contributed by atoms with van der Waals surface area (Å²) in [6.07, 6.45) is -0.0161. The van der Waals surface area contributed by atoms with Crippen LogP contribution in [0.15, 0.2) is 29.3 Å². The van der Waals surface area contributed by atoms with Crippen molar-refractivity contribution in [3.8, 4) is 5.75 Å². The standard InChI is InChI=1S/C19H32N4O2/c1-7-21-18(23-13-19(4,5)17(24)20-6)22-12-15(3)25-16-10-8-9-14(2)11-16/h8-11,15H,7,12-13H2,1-6H3,(H,20,24)(H2,21,22,23). The first-order chi connectivity index (χ1) is 11.8. The average Bonchev–Trinajstić information content (AvgIpc) is 2.56. The third kappa shape index (κ3) is 7.45. The second kappa shape index (κ2) is 9.91. The summed E-state index contributed by atoms with van der Waals surface area (Å²) in [5.41, 5.74) is 0.616. The van der Waals surface area contributed by atoms with Crippen LogP contribution in [0.5, 0.6) is 5.75 Å². The van der Waals surface area contributed by atoms with Crippen molar-refractivity contribution in [3.05, 3.63) is 29.8 Å². The number of aryl methyl sites for hydroxylation is 1. The predicted octanol–water partition coefficient (Wildman–Crippen LogP) is 2.09. The number of hydrogen-bond acceptors (Lipinski definition) is 3. The van der Waals surface area contributed by atoms with Gasteiger partial charge in [0.2, 0.25) is 5.91 Å². The van der Waals surface area contributed by atoms with Gasteiger partial charge in [-0.25, -0.2) is 0 Å². The lowest BCUT2D eigenvalue weighted by molar-refractivity contribution is -0.128. The molecule has 1 aromatic carbocycles. The van der Waals surface area contributed by atoms with Crippen molar-refractivity contribution in [2.24, 2.45) is 10.4 Å². The van der Waals surface area contributed by atoms with Crippen LogP contribution >= 0.6 is 0 Å². The van der Waals surface area contributed by atoms with Crippen molar-refractivity contribution in [2.75, 3.05) is 26.7 Å². The van der Waals surface area contributed by atoms with Gasteiger partial charge >= 0.3 is 0 Å². The molecule has 1 atom stereocenters. The molecule has 0 aliphatic carbocycles. The minimum Gasteiger partial charge on any atom is -0.489 e. The van der Waals surface area contributed by atoms with Gasteiger partial charge in [0.05, 0.1) is 18.5 Å². The Bertz CT molecular complexity index is 585. The largest absolute Gasteiger partial charge is 0.489 e. The molecular formula is C19H32N4O2. The molecule has 0 radical (unpaired) electrons. The van der Waals surface area contributed by atoms with Crippen LogP contribution in [0.2, 0.25) is 0 Å². The number of benzene rings is 1. The number of carbonyl (C=O) groups excluding carboxylic acids is 1. The molecule has 3 N–H and O–H groups in total. The fourth-order valence-electron chi connectivity index (χ4n) is 2.23. The van der Waals surface area contributed by atoms with E-state index < -0.39 is 5.41 Å². The Labute approximate surface area is 151 Å². The van der Waals surface area contributed by atoms with E-state index in [2.05, 4.69) is 20.9 Å². The number of nitrogens with zero attached hydrogens (tertiary/aromatic N) is 1. The number of aliphatic imine (C=N–C) groups is 1. The Morgan fingerprint density at radius 1 is 1.32 bits per heavy atom. The first-order valence-electron chi connectivity index (χ1n) is 8.76. The third-order valence-electron chi connectivity index (χ3n) is 3.70. The van der Waals surface area contributed by atoms with E-state index in [1.54, 1.807) is 7.05 Å². The summed E-state index contributed by atoms with van der Waals surface area (Å²) in [5, 5.41) is 9.13. The summed E-state index contributed by atoms with van der Waals surface area (Å²) in [6, 6.07) is 7.99. The summed E-state index contributed by atoms with van der Waals surface area (Å²) in [4.78, 5) is 16.4. The molecule has 1 rings (SSSR count). The second-order valence-electron chi connectivity index (χ2n) is 6.78. The molecule has 0 heterocycles. The van der Waals surface area contributed by atoms with Crippen LogP contribution in [0.1, 0.15) is 33.3 Å². The maximum atomic E-state index is 11.9. The number of carbonyl (C=O) groups is 1. The van der Waals surface area contributed by atoms with E-state index in [-0.39, 0.29) is 12.0 Å². The van der Waals surface area contributed by atoms with E-state index in [9.17, 15) is 4.79 Å². The number of ether oxygens (including phenoxy) is 1. The molecule has 140 valence electrons. The Balaban J connectivity index is 2.59. The predicted molar refractivity (Wildman–Crippen MR) is 103 cm³/mol. The smallest absolute Gasteiger partial charge is 0.227 e. The van der Waals surface area contributed by atoms with E-state index in [4.69, 9.17) is 4.74 Å². The molecule has 0 saturated carbocycles. The molecule has 6 heteroatoms. The van der Waals surface area contributed by atoms with Crippen LogP contribution in [0.25, 0.3) is 0 Å². The molecule has 1 aromatic rings. The Morgan fingerprint density at radius 3 is 2.64 bits per heavy atom. The molecule has 25 heavy (non-hydrogen) atoms. The van der Waals surface area contributed by atoms with E-state index in [0.29, 0.717) is 19.0 Å². The van der Waals surface area contributed by atoms with Crippen molar-refractivity contribution in [2.45, 2.75) is 40.7 Å². The number of hydrogen-bond donors (Lipinski definition) is 3. The van der Waals surface area contributed by atoms with Crippen molar-refractivity contribution >= 4 is 11.9 Å². The van der Waals surface area contributed by atoms with Gasteiger partial charge in [-0.1, -0.05) is 12.1 Å². The molecule has 6 nitrogen and oxygen atoms in total. The topological polar surface area (TPSA) is 74.8 Å². The van der Waals surface area contributed by atoms with Crippen LogP contribution in [-0.2, 0) is 4.79 Å². The zero-order valence-corrected chi connectivity index (χ0v) is 16.3. The monoisotopic (exact) mass is 348 g/mol. The van der Waals surface area contributed by atoms with Gasteiger partial charge in [-0.15, -0.1) is 0 Å². The average molecular weight is 348 g/mol. The van der Waals surface area contributed by atoms with E-state index in [1.807, 2.05) is 58.9 Å². The van der Waals surface area contributed by atoms with Gasteiger partial charge in [-0.3, -0.25) is 9.79 Å². The van der Waals surface area contributed by atoms with Crippen LogP contribution in [-0.4, -0.2) is 44.7 Å². The van der Waals surface area contributed by atoms with Crippen molar-refractivity contribution < 1.29 is 9.53 Å². The van der Waals surface area contributed by atoms with Crippen LogP contribution < -0.4 is 20.7 Å². The highest BCUT2D eigenvalue weighted by atomic mass is 16.5. The van der Waals surface area contributed by atoms with Gasteiger partial charge in [-0.2, -0.15) is 0 Å². The zero-order valence-electron chi connectivity index (χ0n) is 16.3. The zero-order chi connectivity index (χ0) is 18.9. The number of amides is 1. The van der Waals surface area contributed by atoms with Crippen molar-refractivity contribution in [3.63, 3.8) is 0 Å². The van der Waals surface area contributed by atoms with E-state index in [1.165, 1.54) is 5.56 Å². The van der Waals surface area contributed by atoms with Crippen molar-refractivity contribution in [1.29, 1.82) is 0 Å². The van der Waals surface area contributed by atoms with Gasteiger partial charge in [-0.05, 0) is 52.3 Å². The van der Waals surface area contributed by atoms with Gasteiger partial charge < -0.3 is 20.7 Å². The van der Waals surface area contributed by atoms with E-state index >= 15 is 0 Å². The third-order valence-corrected chi connectivity index (χ3v) is 3.70. The molecule has 0 aromatic heterocycles. The molecule has 0 bridgehead atoms. The summed E-state index contributed by atoms with van der Waals surface area (Å²) in [6.45, 7) is 11.6. The SMILES string of the molecule is CCNC(=NCC(C)(C)C(=O)NC)NCC(C)Oc1cccc(C)c1. The molecule has 0 spiro atoms. The summed E-state index contributed by atoms with van der Waals surface area (Å²) in [5.74, 6) is 1.51. The maximum Gasteiger partial charge on any atom is 0.227 e. The van der Waals surface area contributed by atoms with Gasteiger partial charge in [0.1, 0.15) is 11.9 Å². The number of rotatable bonds is 8. The normalized spacial score (nSPS) is 13.1. The van der Waals surface area contributed by atoms with E-state index in [0.717, 1.165) is 12.3 Å². The Morgan fingerprint density at radius 2 is 2.04 bits per heavy atom. The van der Waals surface area contributed by atoms with Crippen molar-refractivity contribution in [1.82, 2.24) is 16.0 Å². The maximum absolute atomic E-state index is 11.9. The lowest BCUT2D eigenvalue weighted by atomic mass is 9.93. The molecule has 0 fully saturated rings. The lowest BCUT2D eigenvalue weighted by Crippen LogP contribution is -2.43. The summed E-state index contributed by atoms with van der Waals surface area (Å²) >= 11 is 0. The molecule has 1 unspecified atom stereocenters. The van der Waals surface area contributed by atoms with Gasteiger partial charge in [0.15, 0.2) is 5.96 Å². The number of nitrogens with one attached hydrogen (secondary N) is 3. The summed E-state index contributed by atoms with van der Waals surface area (Å²) < 4.78 is 5.92. The Hall–Kier alpha value is -2.24. The highest BCUT2D eigenvalue weighted by Gasteiger charge is 2.26. The van der Waals surface area contributed by atoms with Gasteiger partial charge in [0, 0.05) is 13.6 Å². The molecule has 0 aliphatic rings. The number of guanidine groups is 1.